The molecular weight excluding hydrogens is 583 g/mol. The fourth-order valence-corrected chi connectivity index (χ4v) is 7.66. The van der Waals surface area contributed by atoms with Crippen molar-refractivity contribution in [1.29, 1.82) is 0 Å². The third-order valence-corrected chi connectivity index (χ3v) is 9.80. The molecule has 42 heavy (non-hydrogen) atoms. The Kier molecular flexibility index (Phi) is 8.40. The van der Waals surface area contributed by atoms with E-state index in [-0.39, 0.29) is 22.8 Å². The summed E-state index contributed by atoms with van der Waals surface area (Å²) in [7, 11) is -2.94. The number of nitrogens with zero attached hydrogens (tertiary/aromatic N) is 3. The van der Waals surface area contributed by atoms with Gasteiger partial charge in [0.15, 0.2) is 6.23 Å². The van der Waals surface area contributed by atoms with Gasteiger partial charge in [0.25, 0.3) is 0 Å². The molecular formula is C29H32ClN4O7P. The van der Waals surface area contributed by atoms with Crippen LogP contribution in [0.25, 0.3) is 11.0 Å². The number of aliphatic hydroxyl groups excluding tert-OH is 2. The van der Waals surface area contributed by atoms with Crippen LogP contribution in [0.2, 0.25) is 5.28 Å². The smallest absolute Gasteiger partial charge is 0.414 e. The van der Waals surface area contributed by atoms with E-state index in [0.717, 1.165) is 25.7 Å². The number of rotatable bonds is 10. The molecule has 2 aromatic carbocycles. The highest BCUT2D eigenvalue weighted by Crippen LogP contribution is 2.56. The fraction of sp³-hybridized carbons (Fsp3) is 0.379. The first-order valence-corrected chi connectivity index (χ1v) is 15.8. The summed E-state index contributed by atoms with van der Waals surface area (Å²) in [6, 6.07) is 19.1. The second-order valence-electron chi connectivity index (χ2n) is 10.4. The first kappa shape index (κ1) is 28.9. The van der Waals surface area contributed by atoms with Gasteiger partial charge in [0.05, 0.1) is 5.39 Å². The number of anilines is 1. The van der Waals surface area contributed by atoms with Crippen molar-refractivity contribution >= 4 is 36.0 Å². The van der Waals surface area contributed by atoms with Crippen molar-refractivity contribution in [3.05, 3.63) is 78.2 Å². The zero-order valence-corrected chi connectivity index (χ0v) is 24.5. The number of nitrogens with one attached hydrogen (secondary N) is 1. The molecule has 0 bridgehead atoms. The molecule has 13 heteroatoms. The van der Waals surface area contributed by atoms with Crippen LogP contribution in [-0.2, 0) is 14.0 Å². The van der Waals surface area contributed by atoms with Crippen molar-refractivity contribution < 1.29 is 33.3 Å². The summed E-state index contributed by atoms with van der Waals surface area (Å²) in [5.41, 5.74) is 0.408. The summed E-state index contributed by atoms with van der Waals surface area (Å²) >= 11 is 6.31. The van der Waals surface area contributed by atoms with Gasteiger partial charge in [-0.15, -0.1) is 0 Å². The molecule has 4 aromatic rings. The van der Waals surface area contributed by atoms with Crippen LogP contribution in [0.3, 0.4) is 0 Å². The van der Waals surface area contributed by atoms with Gasteiger partial charge in [-0.05, 0) is 54.8 Å². The monoisotopic (exact) mass is 614 g/mol. The molecule has 2 aromatic heterocycles. The molecule has 0 amide bonds. The first-order valence-electron chi connectivity index (χ1n) is 13.8. The van der Waals surface area contributed by atoms with E-state index in [1.54, 1.807) is 77.5 Å². The number of benzene rings is 2. The molecule has 5 atom stereocenters. The minimum atomic E-state index is -4.25. The molecule has 2 aliphatic rings. The van der Waals surface area contributed by atoms with Crippen molar-refractivity contribution in [2.75, 3.05) is 12.4 Å². The van der Waals surface area contributed by atoms with Gasteiger partial charge in [-0.1, -0.05) is 49.2 Å². The molecule has 2 fully saturated rings. The SMILES string of the molecule is COC([C@@H]1O[C@@H](n2ccc3c(NC4CCCC4)nc(Cl)nc32)[C@H](O)[C@@H]1O)P(=O)(Oc1ccccc1)Oc1ccccc1. The summed E-state index contributed by atoms with van der Waals surface area (Å²) in [6.07, 6.45) is 0.673. The third-order valence-electron chi connectivity index (χ3n) is 7.58. The van der Waals surface area contributed by atoms with E-state index in [9.17, 15) is 14.8 Å². The van der Waals surface area contributed by atoms with E-state index in [1.165, 1.54) is 7.11 Å². The molecule has 1 unspecified atom stereocenters. The Morgan fingerprint density at radius 1 is 0.976 bits per heavy atom. The number of aromatic nitrogens is 3. The molecule has 1 saturated carbocycles. The highest BCUT2D eigenvalue weighted by atomic mass is 35.5. The molecule has 0 radical (unpaired) electrons. The lowest BCUT2D eigenvalue weighted by Crippen LogP contribution is -2.41. The second kappa shape index (κ2) is 12.2. The van der Waals surface area contributed by atoms with Crippen molar-refractivity contribution in [3.63, 3.8) is 0 Å². The lowest BCUT2D eigenvalue weighted by molar-refractivity contribution is -0.0751. The van der Waals surface area contributed by atoms with E-state index < -0.39 is 38.0 Å². The Bertz CT molecular complexity index is 1510. The number of fused-ring (bicyclic) bond motifs is 1. The molecule has 222 valence electrons. The Balaban J connectivity index is 1.32. The molecule has 3 N–H and O–H groups in total. The summed E-state index contributed by atoms with van der Waals surface area (Å²) < 4.78 is 39.8. The number of hydrogen-bond donors (Lipinski definition) is 3. The van der Waals surface area contributed by atoms with Crippen molar-refractivity contribution in [1.82, 2.24) is 14.5 Å². The normalized spacial score (nSPS) is 23.7. The minimum absolute atomic E-state index is 0.0272. The quantitative estimate of drug-likeness (QED) is 0.158. The maximum atomic E-state index is 14.5. The van der Waals surface area contributed by atoms with Gasteiger partial charge in [-0.3, -0.25) is 0 Å². The van der Waals surface area contributed by atoms with Gasteiger partial charge in [0.1, 0.15) is 41.3 Å². The van der Waals surface area contributed by atoms with Gasteiger partial charge in [0.2, 0.25) is 11.1 Å². The number of ether oxygens (including phenoxy) is 2. The third kappa shape index (κ3) is 5.73. The number of methoxy groups -OCH3 is 1. The summed E-state index contributed by atoms with van der Waals surface area (Å²) in [4.78, 5) is 8.79. The van der Waals surface area contributed by atoms with Gasteiger partial charge >= 0.3 is 7.60 Å². The molecule has 0 spiro atoms. The Morgan fingerprint density at radius 3 is 2.19 bits per heavy atom. The second-order valence-corrected chi connectivity index (χ2v) is 12.7. The van der Waals surface area contributed by atoms with Crippen LogP contribution in [0.1, 0.15) is 31.9 Å². The minimum Gasteiger partial charge on any atom is -0.414 e. The number of aliphatic hydroxyl groups is 2. The van der Waals surface area contributed by atoms with E-state index in [2.05, 4.69) is 15.3 Å². The molecule has 11 nitrogen and oxygen atoms in total. The van der Waals surface area contributed by atoms with Gasteiger partial charge in [-0.2, -0.15) is 4.98 Å². The van der Waals surface area contributed by atoms with Gasteiger partial charge in [0, 0.05) is 19.3 Å². The zero-order valence-electron chi connectivity index (χ0n) is 22.8. The predicted octanol–water partition coefficient (Wildman–Crippen LogP) is 5.38. The van der Waals surface area contributed by atoms with Crippen molar-refractivity contribution in [3.8, 4) is 11.5 Å². The van der Waals surface area contributed by atoms with E-state index in [1.807, 2.05) is 0 Å². The Hall–Kier alpha value is -3.18. The topological polar surface area (TPSA) is 137 Å². The Morgan fingerprint density at radius 2 is 1.60 bits per heavy atom. The van der Waals surface area contributed by atoms with Crippen LogP contribution in [0.4, 0.5) is 5.82 Å². The van der Waals surface area contributed by atoms with Crippen LogP contribution < -0.4 is 14.4 Å². The predicted molar refractivity (Wildman–Crippen MR) is 157 cm³/mol. The standard InChI is InChI=1S/C29H32ClN4O7P/c1-38-28(42(37,40-19-12-4-2-5-13-19)41-20-14-6-3-7-15-20)24-22(35)23(36)27(39-24)34-17-16-21-25(31-18-10-8-9-11-18)32-29(30)33-26(21)34/h2-7,12-18,22-24,27-28,35-36H,8-11H2,1H3,(H,31,32,33)/t22-,23+,24+,27+,28?/m0/s1. The molecule has 1 aliphatic carbocycles. The van der Waals surface area contributed by atoms with Gasteiger partial charge in [-0.25, -0.2) is 9.55 Å². The van der Waals surface area contributed by atoms with Crippen molar-refractivity contribution in [2.24, 2.45) is 0 Å². The lowest BCUT2D eigenvalue weighted by atomic mass is 10.1. The fourth-order valence-electron chi connectivity index (χ4n) is 5.56. The first-order chi connectivity index (χ1) is 20.4. The zero-order chi connectivity index (χ0) is 29.3. The van der Waals surface area contributed by atoms with E-state index in [0.29, 0.717) is 16.9 Å². The molecule has 6 rings (SSSR count). The highest BCUT2D eigenvalue weighted by molar-refractivity contribution is 7.55. The van der Waals surface area contributed by atoms with E-state index >= 15 is 0 Å². The molecule has 1 saturated heterocycles. The largest absolute Gasteiger partial charge is 0.462 e. The van der Waals surface area contributed by atoms with E-state index in [4.69, 9.17) is 30.1 Å². The highest BCUT2D eigenvalue weighted by Gasteiger charge is 2.56. The average molecular weight is 615 g/mol. The van der Waals surface area contributed by atoms with Crippen LogP contribution in [0, 0.1) is 0 Å². The van der Waals surface area contributed by atoms with Gasteiger partial charge < -0.3 is 38.6 Å². The summed E-state index contributed by atoms with van der Waals surface area (Å²) in [6.45, 7) is 0. The average Bonchev–Trinajstić information content (AvgIpc) is 3.71. The van der Waals surface area contributed by atoms with Crippen molar-refractivity contribution in [2.45, 2.75) is 62.1 Å². The summed E-state index contributed by atoms with van der Waals surface area (Å²) in [5.74, 6) is -0.291. The Labute approximate surface area is 247 Å². The molecule has 3 heterocycles. The molecule has 1 aliphatic heterocycles. The van der Waals surface area contributed by atoms with Crippen LogP contribution in [0.5, 0.6) is 11.5 Å². The maximum Gasteiger partial charge on any atom is 0.462 e. The summed E-state index contributed by atoms with van der Waals surface area (Å²) in [5, 5.41) is 26.6. The van der Waals surface area contributed by atoms with Crippen LogP contribution in [0.15, 0.2) is 72.9 Å². The van der Waals surface area contributed by atoms with Crippen LogP contribution in [-0.4, -0.2) is 62.1 Å². The number of halogens is 1. The maximum absolute atomic E-state index is 14.5. The number of para-hydroxylation sites is 2. The lowest BCUT2D eigenvalue weighted by Gasteiger charge is -2.30. The van der Waals surface area contributed by atoms with Crippen LogP contribution >= 0.6 is 19.2 Å². The number of hydrogen-bond acceptors (Lipinski definition) is 10.